The second kappa shape index (κ2) is 8.34. The smallest absolute Gasteiger partial charge is 0.329 e. The molecule has 4 N–H and O–H groups in total. The molecule has 106 valence electrons. The topological polar surface area (TPSA) is 98.7 Å². The molecule has 0 heterocycles. The van der Waals surface area contributed by atoms with E-state index < -0.39 is 18.0 Å². The number of methoxy groups -OCH3 is 1. The molecule has 2 amide bonds. The van der Waals surface area contributed by atoms with E-state index in [1.807, 2.05) is 30.3 Å². The fraction of sp³-hybridized carbons (Fsp3) is 0.333. The summed E-state index contributed by atoms with van der Waals surface area (Å²) in [6.45, 7) is 0.176. The normalized spacial score (nSPS) is 11.1. The first kappa shape index (κ1) is 17.2. The largest absolute Gasteiger partial charge is 0.467 e. The second-order valence-electron chi connectivity index (χ2n) is 3.73. The fourth-order valence-corrected chi connectivity index (χ4v) is 1.61. The number of carbonyl (C=O) groups excluding carboxylic acids is 2. The van der Waals surface area contributed by atoms with Crippen molar-refractivity contribution in [2.24, 2.45) is 11.5 Å². The maximum Gasteiger partial charge on any atom is 0.329 e. The Morgan fingerprint density at radius 1 is 1.32 bits per heavy atom. The lowest BCUT2D eigenvalue weighted by atomic mass is 10.2. The van der Waals surface area contributed by atoms with Gasteiger partial charge in [-0.05, 0) is 5.56 Å². The Bertz CT molecular complexity index is 414. The van der Waals surface area contributed by atoms with Crippen LogP contribution in [-0.2, 0) is 16.1 Å². The van der Waals surface area contributed by atoms with E-state index in [9.17, 15) is 9.59 Å². The highest BCUT2D eigenvalue weighted by atomic mass is 35.5. The third-order valence-corrected chi connectivity index (χ3v) is 2.55. The van der Waals surface area contributed by atoms with Gasteiger partial charge in [-0.15, -0.1) is 12.4 Å². The first-order valence-corrected chi connectivity index (χ1v) is 5.48. The van der Waals surface area contributed by atoms with Crippen LogP contribution in [0.1, 0.15) is 5.56 Å². The number of esters is 1. The summed E-state index contributed by atoms with van der Waals surface area (Å²) in [4.78, 5) is 24.1. The van der Waals surface area contributed by atoms with Crippen molar-refractivity contribution in [1.29, 1.82) is 0 Å². The number of nitrogens with zero attached hydrogens (tertiary/aromatic N) is 1. The molecule has 0 unspecified atom stereocenters. The molecule has 1 rings (SSSR count). The minimum atomic E-state index is -0.868. The highest BCUT2D eigenvalue weighted by Crippen LogP contribution is 2.08. The number of benzene rings is 1. The predicted molar refractivity (Wildman–Crippen MR) is 73.7 cm³/mol. The van der Waals surface area contributed by atoms with Crippen LogP contribution in [0.3, 0.4) is 0 Å². The van der Waals surface area contributed by atoms with Crippen molar-refractivity contribution >= 4 is 24.4 Å². The number of urea groups is 1. The molecule has 0 aromatic heterocycles. The number of nitrogens with two attached hydrogens (primary N) is 2. The summed E-state index contributed by atoms with van der Waals surface area (Å²) in [6.07, 6.45) is 0. The van der Waals surface area contributed by atoms with E-state index in [-0.39, 0.29) is 25.5 Å². The summed E-state index contributed by atoms with van der Waals surface area (Å²) in [5.41, 5.74) is 11.6. The monoisotopic (exact) mass is 287 g/mol. The minimum absolute atomic E-state index is 0. The second-order valence-corrected chi connectivity index (χ2v) is 3.73. The van der Waals surface area contributed by atoms with E-state index >= 15 is 0 Å². The molecule has 6 nitrogen and oxygen atoms in total. The number of rotatable bonds is 5. The van der Waals surface area contributed by atoms with Crippen LogP contribution in [0.4, 0.5) is 4.79 Å². The number of ether oxygens (including phenoxy) is 1. The van der Waals surface area contributed by atoms with Crippen molar-refractivity contribution in [2.45, 2.75) is 12.6 Å². The van der Waals surface area contributed by atoms with Gasteiger partial charge in [0, 0.05) is 13.1 Å². The zero-order valence-corrected chi connectivity index (χ0v) is 11.4. The van der Waals surface area contributed by atoms with Gasteiger partial charge in [0.2, 0.25) is 0 Å². The lowest BCUT2D eigenvalue weighted by Crippen LogP contribution is -2.51. The number of primary amides is 1. The van der Waals surface area contributed by atoms with Crippen molar-refractivity contribution < 1.29 is 14.3 Å². The third kappa shape index (κ3) is 4.76. The molecule has 0 aliphatic heterocycles. The Morgan fingerprint density at radius 3 is 2.32 bits per heavy atom. The third-order valence-electron chi connectivity index (χ3n) is 2.55. The molecule has 0 radical (unpaired) electrons. The Kier molecular flexibility index (Phi) is 7.55. The van der Waals surface area contributed by atoms with E-state index in [1.54, 1.807) is 0 Å². The Hall–Kier alpha value is -1.79. The van der Waals surface area contributed by atoms with Gasteiger partial charge in [-0.3, -0.25) is 0 Å². The van der Waals surface area contributed by atoms with E-state index in [0.29, 0.717) is 0 Å². The van der Waals surface area contributed by atoms with Gasteiger partial charge in [-0.25, -0.2) is 9.59 Å². The molecule has 1 aromatic rings. The van der Waals surface area contributed by atoms with Gasteiger partial charge in [-0.1, -0.05) is 30.3 Å². The molecule has 1 atom stereocenters. The first-order valence-electron chi connectivity index (χ1n) is 5.48. The number of carbonyl (C=O) groups is 2. The predicted octanol–water partition coefficient (Wildman–Crippen LogP) is 0.489. The van der Waals surface area contributed by atoms with Crippen LogP contribution in [0.25, 0.3) is 0 Å². The Morgan fingerprint density at radius 2 is 1.89 bits per heavy atom. The molecule has 0 fully saturated rings. The maximum atomic E-state index is 11.5. The molecule has 0 aliphatic rings. The van der Waals surface area contributed by atoms with Gasteiger partial charge in [-0.2, -0.15) is 0 Å². The first-order chi connectivity index (χ1) is 8.60. The molecule has 0 bridgehead atoms. The summed E-state index contributed by atoms with van der Waals surface area (Å²) in [5.74, 6) is -0.577. The zero-order valence-electron chi connectivity index (χ0n) is 10.6. The number of amides is 2. The van der Waals surface area contributed by atoms with E-state index in [0.717, 1.165) is 5.56 Å². The lowest BCUT2D eigenvalue weighted by Gasteiger charge is -2.27. The number of hydrogen-bond donors (Lipinski definition) is 2. The van der Waals surface area contributed by atoms with Crippen LogP contribution in [0.2, 0.25) is 0 Å². The molecule has 0 aliphatic carbocycles. The molecule has 0 saturated heterocycles. The summed E-state index contributed by atoms with van der Waals surface area (Å²) in [7, 11) is 1.24. The SMILES string of the molecule is COC(=O)[C@H](CN)N(Cc1ccccc1)C(N)=O.Cl. The Balaban J connectivity index is 0.00000324. The number of halogens is 1. The van der Waals surface area contributed by atoms with Crippen LogP contribution >= 0.6 is 12.4 Å². The molecule has 1 aromatic carbocycles. The standard InChI is InChI=1S/C12H17N3O3.ClH/c1-18-11(16)10(7-13)15(12(14)17)8-9-5-3-2-4-6-9;/h2-6,10H,7-8,13H2,1H3,(H2,14,17);1H/t10-;/m0./s1. The lowest BCUT2D eigenvalue weighted by molar-refractivity contribution is -0.145. The van der Waals surface area contributed by atoms with Crippen LogP contribution < -0.4 is 11.5 Å². The molecule has 7 heteroatoms. The van der Waals surface area contributed by atoms with Gasteiger partial charge in [0.1, 0.15) is 6.04 Å². The highest BCUT2D eigenvalue weighted by molar-refractivity contribution is 5.85. The summed E-state index contributed by atoms with van der Waals surface area (Å²) >= 11 is 0. The molecular formula is C12H18ClN3O3. The Labute approximate surface area is 118 Å². The highest BCUT2D eigenvalue weighted by Gasteiger charge is 2.28. The molecule has 0 spiro atoms. The van der Waals surface area contributed by atoms with Crippen LogP contribution in [0, 0.1) is 0 Å². The molecule has 0 saturated carbocycles. The van der Waals surface area contributed by atoms with Crippen molar-refractivity contribution in [3.63, 3.8) is 0 Å². The van der Waals surface area contributed by atoms with Gasteiger partial charge in [0.05, 0.1) is 7.11 Å². The van der Waals surface area contributed by atoms with E-state index in [4.69, 9.17) is 11.5 Å². The van der Waals surface area contributed by atoms with Crippen LogP contribution in [0.15, 0.2) is 30.3 Å². The number of hydrogen-bond acceptors (Lipinski definition) is 4. The average molecular weight is 288 g/mol. The fourth-order valence-electron chi connectivity index (χ4n) is 1.61. The van der Waals surface area contributed by atoms with Crippen molar-refractivity contribution in [3.05, 3.63) is 35.9 Å². The van der Waals surface area contributed by atoms with Crippen molar-refractivity contribution in [1.82, 2.24) is 4.90 Å². The van der Waals surface area contributed by atoms with Gasteiger partial charge >= 0.3 is 12.0 Å². The van der Waals surface area contributed by atoms with Crippen LogP contribution in [0.5, 0.6) is 0 Å². The summed E-state index contributed by atoms with van der Waals surface area (Å²) in [6, 6.07) is 7.63. The van der Waals surface area contributed by atoms with Crippen LogP contribution in [-0.4, -0.2) is 36.6 Å². The van der Waals surface area contributed by atoms with Crippen molar-refractivity contribution in [2.75, 3.05) is 13.7 Å². The maximum absolute atomic E-state index is 11.5. The minimum Gasteiger partial charge on any atom is -0.467 e. The quantitative estimate of drug-likeness (QED) is 0.770. The molecule has 19 heavy (non-hydrogen) atoms. The van der Waals surface area contributed by atoms with Gasteiger partial charge < -0.3 is 21.1 Å². The molecular weight excluding hydrogens is 270 g/mol. The average Bonchev–Trinajstić information content (AvgIpc) is 2.39. The van der Waals surface area contributed by atoms with E-state index in [1.165, 1.54) is 12.0 Å². The summed E-state index contributed by atoms with van der Waals surface area (Å²) in [5, 5.41) is 0. The van der Waals surface area contributed by atoms with Gasteiger partial charge in [0.25, 0.3) is 0 Å². The summed E-state index contributed by atoms with van der Waals surface area (Å²) < 4.78 is 4.60. The van der Waals surface area contributed by atoms with Gasteiger partial charge in [0.15, 0.2) is 0 Å². The van der Waals surface area contributed by atoms with Crippen molar-refractivity contribution in [3.8, 4) is 0 Å². The zero-order chi connectivity index (χ0) is 13.5. The van der Waals surface area contributed by atoms with E-state index in [2.05, 4.69) is 4.74 Å².